The Balaban J connectivity index is 2.00. The summed E-state index contributed by atoms with van der Waals surface area (Å²) in [5, 5.41) is 0. The first kappa shape index (κ1) is 10.1. The van der Waals surface area contributed by atoms with E-state index in [1.807, 2.05) is 0 Å². The van der Waals surface area contributed by atoms with Gasteiger partial charge in [0.05, 0.1) is 0 Å². The first-order valence-corrected chi connectivity index (χ1v) is 5.79. The van der Waals surface area contributed by atoms with Crippen molar-refractivity contribution in [3.8, 4) is 0 Å². The lowest BCUT2D eigenvalue weighted by molar-refractivity contribution is 0.444. The summed E-state index contributed by atoms with van der Waals surface area (Å²) in [5.74, 6) is 3.22. The van der Waals surface area contributed by atoms with E-state index in [-0.39, 0.29) is 0 Å². The van der Waals surface area contributed by atoms with Gasteiger partial charge in [-0.25, -0.2) is 0 Å². The van der Waals surface area contributed by atoms with Crippen molar-refractivity contribution in [2.45, 2.75) is 59.3 Å². The van der Waals surface area contributed by atoms with E-state index in [1.54, 1.807) is 6.42 Å². The predicted molar refractivity (Wildman–Crippen MR) is 55.2 cm³/mol. The molecule has 1 saturated carbocycles. The number of rotatable bonds is 6. The molecule has 12 heavy (non-hydrogen) atoms. The molecule has 0 heterocycles. The van der Waals surface area contributed by atoms with Gasteiger partial charge in [-0.05, 0) is 24.2 Å². The van der Waals surface area contributed by atoms with Crippen molar-refractivity contribution in [3.63, 3.8) is 0 Å². The van der Waals surface area contributed by atoms with Gasteiger partial charge in [-0.2, -0.15) is 0 Å². The van der Waals surface area contributed by atoms with E-state index >= 15 is 0 Å². The van der Waals surface area contributed by atoms with Crippen molar-refractivity contribution < 1.29 is 0 Å². The molecule has 0 heteroatoms. The first-order chi connectivity index (χ1) is 5.79. The van der Waals surface area contributed by atoms with Crippen molar-refractivity contribution in [2.24, 2.45) is 17.8 Å². The molecule has 0 radical (unpaired) electrons. The highest BCUT2D eigenvalue weighted by molar-refractivity contribution is 4.88. The molecule has 0 spiro atoms. The molecule has 0 aromatic heterocycles. The predicted octanol–water partition coefficient (Wildman–Crippen LogP) is 4.25. The van der Waals surface area contributed by atoms with Gasteiger partial charge < -0.3 is 0 Å². The van der Waals surface area contributed by atoms with Crippen LogP contribution in [0.3, 0.4) is 0 Å². The summed E-state index contributed by atoms with van der Waals surface area (Å²) in [6.07, 6.45) is 8.75. The Labute approximate surface area is 77.7 Å². The highest BCUT2D eigenvalue weighted by atomic mass is 14.4. The number of unbranched alkanes of at least 4 members (excludes halogenated alkanes) is 2. The standard InChI is InChI=1S/C12H24/c1-4-6-7-8-11-9-12(11)10(3)5-2/h10-12H,4-9H2,1-3H3. The Hall–Kier alpha value is 0. The van der Waals surface area contributed by atoms with Gasteiger partial charge in [0.1, 0.15) is 0 Å². The normalized spacial score (nSPS) is 30.2. The zero-order valence-corrected chi connectivity index (χ0v) is 8.97. The minimum Gasteiger partial charge on any atom is -0.0654 e. The molecular weight excluding hydrogens is 144 g/mol. The van der Waals surface area contributed by atoms with Gasteiger partial charge in [0, 0.05) is 0 Å². The molecular formula is C12H24. The van der Waals surface area contributed by atoms with E-state index in [4.69, 9.17) is 0 Å². The Bertz CT molecular complexity index is 117. The fourth-order valence-corrected chi connectivity index (χ4v) is 2.26. The molecule has 1 fully saturated rings. The summed E-state index contributed by atoms with van der Waals surface area (Å²) < 4.78 is 0. The minimum absolute atomic E-state index is 0.997. The molecule has 0 aliphatic heterocycles. The minimum atomic E-state index is 0.997. The molecule has 1 aliphatic carbocycles. The van der Waals surface area contributed by atoms with Crippen LogP contribution in [0.25, 0.3) is 0 Å². The van der Waals surface area contributed by atoms with Crippen molar-refractivity contribution >= 4 is 0 Å². The molecule has 0 amide bonds. The molecule has 0 nitrogen and oxygen atoms in total. The molecule has 1 rings (SSSR count). The smallest absolute Gasteiger partial charge is 0.0357 e. The maximum atomic E-state index is 2.42. The molecule has 1 aliphatic rings. The lowest BCUT2D eigenvalue weighted by atomic mass is 10.00. The van der Waals surface area contributed by atoms with Gasteiger partial charge in [0.25, 0.3) is 0 Å². The maximum absolute atomic E-state index is 2.42. The summed E-state index contributed by atoms with van der Waals surface area (Å²) in [6.45, 7) is 7.04. The van der Waals surface area contributed by atoms with E-state index in [9.17, 15) is 0 Å². The Morgan fingerprint density at radius 2 is 2.00 bits per heavy atom. The van der Waals surface area contributed by atoms with E-state index in [0.717, 1.165) is 17.8 Å². The van der Waals surface area contributed by atoms with Crippen LogP contribution in [0.1, 0.15) is 59.3 Å². The van der Waals surface area contributed by atoms with Crippen LogP contribution >= 0.6 is 0 Å². The zero-order valence-electron chi connectivity index (χ0n) is 8.97. The Morgan fingerprint density at radius 1 is 1.25 bits per heavy atom. The zero-order chi connectivity index (χ0) is 8.97. The van der Waals surface area contributed by atoms with Crippen molar-refractivity contribution in [2.75, 3.05) is 0 Å². The molecule has 72 valence electrons. The second-order valence-electron chi connectivity index (χ2n) is 4.54. The summed E-state index contributed by atoms with van der Waals surface area (Å²) in [4.78, 5) is 0. The van der Waals surface area contributed by atoms with Gasteiger partial charge in [0.15, 0.2) is 0 Å². The summed E-state index contributed by atoms with van der Waals surface area (Å²) in [5.41, 5.74) is 0. The van der Waals surface area contributed by atoms with Gasteiger partial charge in [-0.3, -0.25) is 0 Å². The highest BCUT2D eigenvalue weighted by Gasteiger charge is 2.38. The Morgan fingerprint density at radius 3 is 2.58 bits per heavy atom. The van der Waals surface area contributed by atoms with Crippen LogP contribution in [0.4, 0.5) is 0 Å². The monoisotopic (exact) mass is 168 g/mol. The summed E-state index contributed by atoms with van der Waals surface area (Å²) in [6, 6.07) is 0. The van der Waals surface area contributed by atoms with Crippen LogP contribution in [-0.4, -0.2) is 0 Å². The molecule has 0 bridgehead atoms. The van der Waals surface area contributed by atoms with E-state index in [1.165, 1.54) is 32.1 Å². The SMILES string of the molecule is CCCCCC1CC1C(C)CC. The lowest BCUT2D eigenvalue weighted by Crippen LogP contribution is -1.96. The molecule has 0 N–H and O–H groups in total. The van der Waals surface area contributed by atoms with E-state index < -0.39 is 0 Å². The topological polar surface area (TPSA) is 0 Å². The molecule has 3 unspecified atom stereocenters. The van der Waals surface area contributed by atoms with Crippen molar-refractivity contribution in [1.29, 1.82) is 0 Å². The number of hydrogen-bond acceptors (Lipinski definition) is 0. The van der Waals surface area contributed by atoms with Crippen molar-refractivity contribution in [1.82, 2.24) is 0 Å². The fraction of sp³-hybridized carbons (Fsp3) is 1.00. The second kappa shape index (κ2) is 4.89. The van der Waals surface area contributed by atoms with Gasteiger partial charge >= 0.3 is 0 Å². The molecule has 0 aromatic carbocycles. The first-order valence-electron chi connectivity index (χ1n) is 5.79. The summed E-state index contributed by atoms with van der Waals surface area (Å²) >= 11 is 0. The van der Waals surface area contributed by atoms with Crippen LogP contribution in [0.15, 0.2) is 0 Å². The second-order valence-corrected chi connectivity index (χ2v) is 4.54. The van der Waals surface area contributed by atoms with Gasteiger partial charge in [0.2, 0.25) is 0 Å². The lowest BCUT2D eigenvalue weighted by Gasteiger charge is -2.06. The number of hydrogen-bond donors (Lipinski definition) is 0. The third-order valence-electron chi connectivity index (χ3n) is 3.53. The maximum Gasteiger partial charge on any atom is -0.0357 e. The third-order valence-corrected chi connectivity index (χ3v) is 3.53. The van der Waals surface area contributed by atoms with Crippen molar-refractivity contribution in [3.05, 3.63) is 0 Å². The average Bonchev–Trinajstić information content (AvgIpc) is 2.83. The van der Waals surface area contributed by atoms with Crippen LogP contribution in [0.5, 0.6) is 0 Å². The average molecular weight is 168 g/mol. The van der Waals surface area contributed by atoms with Crippen LogP contribution in [-0.2, 0) is 0 Å². The third kappa shape index (κ3) is 2.80. The molecule has 3 atom stereocenters. The van der Waals surface area contributed by atoms with Gasteiger partial charge in [-0.15, -0.1) is 0 Å². The van der Waals surface area contributed by atoms with E-state index in [2.05, 4.69) is 20.8 Å². The quantitative estimate of drug-likeness (QED) is 0.520. The summed E-state index contributed by atoms with van der Waals surface area (Å²) in [7, 11) is 0. The van der Waals surface area contributed by atoms with Crippen LogP contribution < -0.4 is 0 Å². The fourth-order valence-electron chi connectivity index (χ4n) is 2.26. The molecule has 0 saturated heterocycles. The van der Waals surface area contributed by atoms with E-state index in [0.29, 0.717) is 0 Å². The van der Waals surface area contributed by atoms with Crippen LogP contribution in [0, 0.1) is 17.8 Å². The van der Waals surface area contributed by atoms with Gasteiger partial charge in [-0.1, -0.05) is 52.9 Å². The Kier molecular flexibility index (Phi) is 4.11. The molecule has 0 aromatic rings. The largest absolute Gasteiger partial charge is 0.0654 e. The van der Waals surface area contributed by atoms with Crippen LogP contribution in [0.2, 0.25) is 0 Å². The highest BCUT2D eigenvalue weighted by Crippen LogP contribution is 2.48.